The number of ether oxygens (including phenoxy) is 3. The van der Waals surface area contributed by atoms with Gasteiger partial charge in [-0.1, -0.05) is 6.07 Å². The predicted molar refractivity (Wildman–Crippen MR) is 111 cm³/mol. The van der Waals surface area contributed by atoms with E-state index >= 15 is 0 Å². The first-order valence-electron chi connectivity index (χ1n) is 8.23. The number of fused-ring (bicyclic) bond motifs is 1. The molecule has 1 aliphatic rings. The minimum Gasteiger partial charge on any atom is -0.487 e. The van der Waals surface area contributed by atoms with E-state index in [9.17, 15) is 10.1 Å². The molecule has 1 heterocycles. The lowest BCUT2D eigenvalue weighted by molar-refractivity contribution is -0.124. The summed E-state index contributed by atoms with van der Waals surface area (Å²) in [6.07, 6.45) is 1.54. The Labute approximate surface area is 179 Å². The van der Waals surface area contributed by atoms with Gasteiger partial charge in [-0.3, -0.25) is 4.79 Å². The first-order valence-corrected chi connectivity index (χ1v) is 9.81. The fraction of sp³-hybridized carbons (Fsp3) is 0.200. The van der Waals surface area contributed by atoms with Gasteiger partial charge in [0.05, 0.1) is 8.95 Å². The highest BCUT2D eigenvalue weighted by atomic mass is 79.9. The summed E-state index contributed by atoms with van der Waals surface area (Å²) in [5, 5.41) is 9.24. The number of halogens is 2. The van der Waals surface area contributed by atoms with Crippen LogP contribution in [0.1, 0.15) is 11.1 Å². The third kappa shape index (κ3) is 4.49. The highest BCUT2D eigenvalue weighted by Gasteiger charge is 2.15. The van der Waals surface area contributed by atoms with Crippen molar-refractivity contribution in [2.24, 2.45) is 0 Å². The molecule has 0 aromatic heterocycles. The summed E-state index contributed by atoms with van der Waals surface area (Å²) < 4.78 is 18.0. The van der Waals surface area contributed by atoms with E-state index in [1.54, 1.807) is 32.3 Å². The molecule has 0 aliphatic carbocycles. The van der Waals surface area contributed by atoms with Gasteiger partial charge in [0.25, 0.3) is 5.91 Å². The Hall–Kier alpha value is -2.50. The molecule has 2 aromatic carbocycles. The second-order valence-electron chi connectivity index (χ2n) is 6.16. The number of carbonyl (C=O) groups excluding carboxylic acids is 1. The van der Waals surface area contributed by atoms with E-state index in [4.69, 9.17) is 14.2 Å². The van der Waals surface area contributed by atoms with Crippen molar-refractivity contribution >= 4 is 43.8 Å². The van der Waals surface area contributed by atoms with Crippen LogP contribution in [0.15, 0.2) is 44.9 Å². The van der Waals surface area contributed by atoms with Gasteiger partial charge in [-0.2, -0.15) is 5.26 Å². The Kier molecular flexibility index (Phi) is 6.27. The zero-order valence-corrected chi connectivity index (χ0v) is 18.3. The molecule has 0 bridgehead atoms. The number of hydrogen-bond acceptors (Lipinski definition) is 5. The maximum absolute atomic E-state index is 12.0. The molecule has 0 fully saturated rings. The SMILES string of the molecule is CN(C)C(=O)/C(C#N)=C\c1cc(Br)c(OCc2ccc3c(c2)OCO3)c(Br)c1. The van der Waals surface area contributed by atoms with Gasteiger partial charge in [0.2, 0.25) is 6.79 Å². The topological polar surface area (TPSA) is 71.8 Å². The van der Waals surface area contributed by atoms with Crippen molar-refractivity contribution < 1.29 is 19.0 Å². The summed E-state index contributed by atoms with van der Waals surface area (Å²) >= 11 is 6.98. The van der Waals surface area contributed by atoms with Crippen LogP contribution in [-0.2, 0) is 11.4 Å². The fourth-order valence-corrected chi connectivity index (χ4v) is 3.99. The van der Waals surface area contributed by atoms with Crippen molar-refractivity contribution in [3.05, 3.63) is 56.0 Å². The lowest BCUT2D eigenvalue weighted by Crippen LogP contribution is -2.22. The average Bonchev–Trinajstić information content (AvgIpc) is 3.12. The Bertz CT molecular complexity index is 973. The number of nitriles is 1. The Balaban J connectivity index is 1.78. The molecule has 2 aromatic rings. The molecule has 0 unspecified atom stereocenters. The second kappa shape index (κ2) is 8.67. The number of likely N-dealkylation sites (N-methyl/N-ethyl adjacent to an activating group) is 1. The monoisotopic (exact) mass is 506 g/mol. The van der Waals surface area contributed by atoms with Gasteiger partial charge in [0, 0.05) is 14.1 Å². The third-order valence-electron chi connectivity index (χ3n) is 3.91. The molecule has 0 atom stereocenters. The summed E-state index contributed by atoms with van der Waals surface area (Å²) in [5.41, 5.74) is 1.69. The summed E-state index contributed by atoms with van der Waals surface area (Å²) in [6.45, 7) is 0.568. The molecule has 1 aliphatic heterocycles. The van der Waals surface area contributed by atoms with E-state index in [-0.39, 0.29) is 18.3 Å². The standard InChI is InChI=1S/C20H16Br2N2O4/c1-24(2)20(25)14(9-23)5-13-6-15(21)19(16(22)7-13)26-10-12-3-4-17-18(8-12)28-11-27-17/h3-8H,10-11H2,1-2H3/b14-5-. The van der Waals surface area contributed by atoms with Crippen molar-refractivity contribution in [3.8, 4) is 23.3 Å². The quantitative estimate of drug-likeness (QED) is 0.439. The molecule has 6 nitrogen and oxygen atoms in total. The van der Waals surface area contributed by atoms with Crippen LogP contribution in [0.5, 0.6) is 17.2 Å². The van der Waals surface area contributed by atoms with Gasteiger partial charge in [0.1, 0.15) is 24.0 Å². The zero-order chi connectivity index (χ0) is 20.3. The number of amides is 1. The molecular formula is C20H16Br2N2O4. The first kappa shape index (κ1) is 20.2. The first-order chi connectivity index (χ1) is 13.4. The highest BCUT2D eigenvalue weighted by Crippen LogP contribution is 2.37. The van der Waals surface area contributed by atoms with Crippen LogP contribution < -0.4 is 14.2 Å². The maximum atomic E-state index is 12.0. The molecule has 28 heavy (non-hydrogen) atoms. The summed E-state index contributed by atoms with van der Waals surface area (Å²) in [6, 6.07) is 11.2. The van der Waals surface area contributed by atoms with Crippen molar-refractivity contribution in [1.29, 1.82) is 5.26 Å². The van der Waals surface area contributed by atoms with Crippen LogP contribution in [0.3, 0.4) is 0 Å². The molecule has 144 valence electrons. The molecule has 3 rings (SSSR count). The van der Waals surface area contributed by atoms with Crippen LogP contribution in [0.4, 0.5) is 0 Å². The zero-order valence-electron chi connectivity index (χ0n) is 15.2. The van der Waals surface area contributed by atoms with Gasteiger partial charge in [-0.25, -0.2) is 0 Å². The highest BCUT2D eigenvalue weighted by molar-refractivity contribution is 9.11. The molecule has 0 saturated carbocycles. The lowest BCUT2D eigenvalue weighted by Gasteiger charge is -2.12. The number of hydrogen-bond donors (Lipinski definition) is 0. The Morgan fingerprint density at radius 2 is 1.89 bits per heavy atom. The number of rotatable bonds is 5. The molecule has 0 saturated heterocycles. The van der Waals surface area contributed by atoms with Crippen molar-refractivity contribution in [3.63, 3.8) is 0 Å². The third-order valence-corrected chi connectivity index (χ3v) is 5.09. The lowest BCUT2D eigenvalue weighted by atomic mass is 10.1. The van der Waals surface area contributed by atoms with Crippen molar-refractivity contribution in [2.75, 3.05) is 20.9 Å². The molecule has 0 radical (unpaired) electrons. The van der Waals surface area contributed by atoms with Gasteiger partial charge >= 0.3 is 0 Å². The normalized spacial score (nSPS) is 12.5. The Morgan fingerprint density at radius 1 is 1.21 bits per heavy atom. The minimum absolute atomic E-state index is 0.0535. The van der Waals surface area contributed by atoms with E-state index in [2.05, 4.69) is 31.9 Å². The van der Waals surface area contributed by atoms with E-state index in [0.717, 1.165) is 11.3 Å². The van der Waals surface area contributed by atoms with Crippen molar-refractivity contribution in [1.82, 2.24) is 4.90 Å². The van der Waals surface area contributed by atoms with Gasteiger partial charge in [0.15, 0.2) is 11.5 Å². The van der Waals surface area contributed by atoms with Crippen LogP contribution in [0, 0.1) is 11.3 Å². The molecular weight excluding hydrogens is 492 g/mol. The maximum Gasteiger partial charge on any atom is 0.264 e. The number of benzene rings is 2. The smallest absolute Gasteiger partial charge is 0.264 e. The number of carbonyl (C=O) groups is 1. The molecule has 0 N–H and O–H groups in total. The van der Waals surface area contributed by atoms with Gasteiger partial charge in [-0.15, -0.1) is 0 Å². The van der Waals surface area contributed by atoms with Crippen LogP contribution in [0.25, 0.3) is 6.08 Å². The average molecular weight is 508 g/mol. The van der Waals surface area contributed by atoms with Crippen LogP contribution >= 0.6 is 31.9 Å². The van der Waals surface area contributed by atoms with Gasteiger partial charge in [-0.05, 0) is 73.3 Å². The second-order valence-corrected chi connectivity index (χ2v) is 7.87. The van der Waals surface area contributed by atoms with Crippen LogP contribution in [0.2, 0.25) is 0 Å². The predicted octanol–water partition coefficient (Wildman–Crippen LogP) is 4.51. The molecule has 1 amide bonds. The Morgan fingerprint density at radius 3 is 2.54 bits per heavy atom. The fourth-order valence-electron chi connectivity index (χ4n) is 2.54. The summed E-state index contributed by atoms with van der Waals surface area (Å²) in [4.78, 5) is 13.4. The minimum atomic E-state index is -0.349. The summed E-state index contributed by atoms with van der Waals surface area (Å²) in [7, 11) is 3.21. The van der Waals surface area contributed by atoms with Crippen LogP contribution in [-0.4, -0.2) is 31.7 Å². The van der Waals surface area contributed by atoms with E-state index in [1.807, 2.05) is 24.3 Å². The molecule has 0 spiro atoms. The van der Waals surface area contributed by atoms with Crippen molar-refractivity contribution in [2.45, 2.75) is 6.61 Å². The van der Waals surface area contributed by atoms with Gasteiger partial charge < -0.3 is 19.1 Å². The van der Waals surface area contributed by atoms with E-state index in [1.165, 1.54) is 4.90 Å². The number of nitrogens with zero attached hydrogens (tertiary/aromatic N) is 2. The molecule has 8 heteroatoms. The van der Waals surface area contributed by atoms with E-state index < -0.39 is 0 Å². The largest absolute Gasteiger partial charge is 0.487 e. The summed E-state index contributed by atoms with van der Waals surface area (Å²) in [5.74, 6) is 1.70. The van der Waals surface area contributed by atoms with E-state index in [0.29, 0.717) is 32.6 Å².